The zero-order chi connectivity index (χ0) is 21.7. The van der Waals surface area contributed by atoms with E-state index < -0.39 is 0 Å². The Morgan fingerprint density at radius 3 is 2.71 bits per heavy atom. The highest BCUT2D eigenvalue weighted by Gasteiger charge is 2.39. The quantitative estimate of drug-likeness (QED) is 0.558. The molecule has 3 aliphatic rings. The van der Waals surface area contributed by atoms with E-state index in [2.05, 4.69) is 33.1 Å². The summed E-state index contributed by atoms with van der Waals surface area (Å²) >= 11 is 0. The van der Waals surface area contributed by atoms with Crippen molar-refractivity contribution in [3.8, 4) is 0 Å². The van der Waals surface area contributed by atoms with Crippen LogP contribution in [0.4, 0.5) is 5.82 Å². The maximum Gasteiger partial charge on any atom is 0.220 e. The number of rotatable bonds is 5. The first-order valence-electron chi connectivity index (χ1n) is 12.1. The number of likely N-dealkylation sites (tertiary alicyclic amines) is 1. The molecule has 0 radical (unpaired) electrons. The van der Waals surface area contributed by atoms with Gasteiger partial charge in [0.05, 0.1) is 6.54 Å². The lowest BCUT2D eigenvalue weighted by molar-refractivity contribution is -0.122. The molecule has 1 aromatic heterocycles. The third kappa shape index (κ3) is 5.13. The Kier molecular flexibility index (Phi) is 6.98. The normalized spacial score (nSPS) is 22.2. The number of guanidine groups is 1. The van der Waals surface area contributed by atoms with Crippen LogP contribution in [0.2, 0.25) is 0 Å². The molecule has 1 spiro atoms. The SMILES string of the molecule is CCNC(=NCc1cccnc1N1CCC(C(N)=O)CC1)N1CCC2(CCCCC2)C1. The van der Waals surface area contributed by atoms with Crippen LogP contribution in [0.5, 0.6) is 0 Å². The molecule has 3 fully saturated rings. The fraction of sp³-hybridized carbons (Fsp3) is 0.708. The molecule has 7 heteroatoms. The Morgan fingerprint density at radius 1 is 1.23 bits per heavy atom. The monoisotopic (exact) mass is 426 g/mol. The Hall–Kier alpha value is -2.31. The number of anilines is 1. The predicted octanol–water partition coefficient (Wildman–Crippen LogP) is 2.91. The lowest BCUT2D eigenvalue weighted by Crippen LogP contribution is -2.41. The van der Waals surface area contributed by atoms with Crippen molar-refractivity contribution in [3.63, 3.8) is 0 Å². The summed E-state index contributed by atoms with van der Waals surface area (Å²) in [5.41, 5.74) is 7.15. The van der Waals surface area contributed by atoms with Crippen LogP contribution in [0.3, 0.4) is 0 Å². The number of primary amides is 1. The summed E-state index contributed by atoms with van der Waals surface area (Å²) in [6, 6.07) is 4.12. The third-order valence-electron chi connectivity index (χ3n) is 7.45. The smallest absolute Gasteiger partial charge is 0.220 e. The molecule has 4 rings (SSSR count). The maximum absolute atomic E-state index is 11.5. The Labute approximate surface area is 186 Å². The number of nitrogens with one attached hydrogen (secondary N) is 1. The Bertz CT molecular complexity index is 780. The molecule has 31 heavy (non-hydrogen) atoms. The molecule has 3 N–H and O–H groups in total. The number of nitrogens with two attached hydrogens (primary N) is 1. The van der Waals surface area contributed by atoms with Gasteiger partial charge in [-0.15, -0.1) is 0 Å². The number of pyridine rings is 1. The summed E-state index contributed by atoms with van der Waals surface area (Å²) in [5.74, 6) is 1.84. The number of amides is 1. The minimum atomic E-state index is -0.179. The van der Waals surface area contributed by atoms with E-state index in [1.165, 1.54) is 38.5 Å². The number of aromatic nitrogens is 1. The summed E-state index contributed by atoms with van der Waals surface area (Å²) in [7, 11) is 0. The van der Waals surface area contributed by atoms with Crippen LogP contribution in [0.1, 0.15) is 63.9 Å². The predicted molar refractivity (Wildman–Crippen MR) is 125 cm³/mol. The molecular formula is C24H38N6O. The van der Waals surface area contributed by atoms with Gasteiger partial charge in [-0.2, -0.15) is 0 Å². The van der Waals surface area contributed by atoms with Crippen molar-refractivity contribution in [2.24, 2.45) is 22.1 Å². The van der Waals surface area contributed by atoms with Gasteiger partial charge in [0.15, 0.2) is 5.96 Å². The highest BCUT2D eigenvalue weighted by atomic mass is 16.1. The van der Waals surface area contributed by atoms with E-state index in [-0.39, 0.29) is 11.8 Å². The summed E-state index contributed by atoms with van der Waals surface area (Å²) in [6.45, 7) is 7.51. The zero-order valence-electron chi connectivity index (χ0n) is 19.0. The number of hydrogen-bond acceptors (Lipinski definition) is 4. The average molecular weight is 427 g/mol. The number of nitrogens with zero attached hydrogens (tertiary/aromatic N) is 4. The molecule has 170 valence electrons. The number of piperidine rings is 1. The second-order valence-electron chi connectivity index (χ2n) is 9.55. The Balaban J connectivity index is 1.44. The molecule has 0 atom stereocenters. The first-order valence-corrected chi connectivity index (χ1v) is 12.1. The molecule has 1 amide bonds. The maximum atomic E-state index is 11.5. The minimum Gasteiger partial charge on any atom is -0.369 e. The van der Waals surface area contributed by atoms with Gasteiger partial charge in [0.2, 0.25) is 5.91 Å². The van der Waals surface area contributed by atoms with Crippen molar-refractivity contribution >= 4 is 17.7 Å². The van der Waals surface area contributed by atoms with E-state index in [4.69, 9.17) is 10.7 Å². The van der Waals surface area contributed by atoms with E-state index in [1.807, 2.05) is 12.3 Å². The van der Waals surface area contributed by atoms with Gasteiger partial charge in [-0.1, -0.05) is 25.3 Å². The van der Waals surface area contributed by atoms with Gasteiger partial charge < -0.3 is 20.9 Å². The van der Waals surface area contributed by atoms with Crippen LogP contribution < -0.4 is 16.0 Å². The fourth-order valence-corrected chi connectivity index (χ4v) is 5.63. The van der Waals surface area contributed by atoms with Gasteiger partial charge in [0.25, 0.3) is 0 Å². The molecule has 2 aliphatic heterocycles. The van der Waals surface area contributed by atoms with Crippen molar-refractivity contribution in [2.75, 3.05) is 37.6 Å². The van der Waals surface area contributed by atoms with E-state index in [0.717, 1.165) is 62.9 Å². The van der Waals surface area contributed by atoms with E-state index in [0.29, 0.717) is 12.0 Å². The van der Waals surface area contributed by atoms with Gasteiger partial charge >= 0.3 is 0 Å². The topological polar surface area (TPSA) is 86.9 Å². The van der Waals surface area contributed by atoms with E-state index >= 15 is 0 Å². The first-order chi connectivity index (χ1) is 15.1. The molecule has 0 aromatic carbocycles. The first kappa shape index (κ1) is 21.9. The standard InChI is InChI=1S/C24H38N6O/c1-2-26-23(30-16-12-24(18-30)10-4-3-5-11-24)28-17-20-7-6-13-27-22(20)29-14-8-19(9-15-29)21(25)31/h6-7,13,19H,2-5,8-12,14-18H2,1H3,(H2,25,31)(H,26,28). The van der Waals surface area contributed by atoms with Crippen LogP contribution in [0.25, 0.3) is 0 Å². The van der Waals surface area contributed by atoms with Crippen molar-refractivity contribution in [3.05, 3.63) is 23.9 Å². The molecular weight excluding hydrogens is 388 g/mol. The number of hydrogen-bond donors (Lipinski definition) is 2. The van der Waals surface area contributed by atoms with Gasteiger partial charge in [-0.05, 0) is 50.5 Å². The number of aliphatic imine (C=N–C) groups is 1. The average Bonchev–Trinajstić information content (AvgIpc) is 3.20. The van der Waals surface area contributed by atoms with Gasteiger partial charge in [0, 0.05) is 50.4 Å². The molecule has 3 heterocycles. The molecule has 2 saturated heterocycles. The highest BCUT2D eigenvalue weighted by molar-refractivity contribution is 5.80. The Morgan fingerprint density at radius 2 is 2.00 bits per heavy atom. The van der Waals surface area contributed by atoms with Crippen LogP contribution >= 0.6 is 0 Å². The van der Waals surface area contributed by atoms with Gasteiger partial charge in [0.1, 0.15) is 5.82 Å². The van der Waals surface area contributed by atoms with Crippen molar-refractivity contribution < 1.29 is 4.79 Å². The van der Waals surface area contributed by atoms with E-state index in [1.54, 1.807) is 0 Å². The van der Waals surface area contributed by atoms with Crippen molar-refractivity contribution in [2.45, 2.75) is 64.8 Å². The van der Waals surface area contributed by atoms with Crippen LogP contribution in [-0.4, -0.2) is 54.5 Å². The second kappa shape index (κ2) is 9.88. The molecule has 1 aromatic rings. The second-order valence-corrected chi connectivity index (χ2v) is 9.55. The van der Waals surface area contributed by atoms with Gasteiger partial charge in [-0.25, -0.2) is 9.98 Å². The summed E-state index contributed by atoms with van der Waals surface area (Å²) < 4.78 is 0. The summed E-state index contributed by atoms with van der Waals surface area (Å²) in [4.78, 5) is 26.0. The number of carbonyl (C=O) groups excluding carboxylic acids is 1. The van der Waals surface area contributed by atoms with Crippen LogP contribution in [0.15, 0.2) is 23.3 Å². The summed E-state index contributed by atoms with van der Waals surface area (Å²) in [6.07, 6.45) is 11.6. The van der Waals surface area contributed by atoms with Crippen LogP contribution in [0, 0.1) is 11.3 Å². The zero-order valence-corrected chi connectivity index (χ0v) is 19.0. The molecule has 1 aliphatic carbocycles. The van der Waals surface area contributed by atoms with Crippen LogP contribution in [-0.2, 0) is 11.3 Å². The lowest BCUT2D eigenvalue weighted by atomic mass is 9.73. The molecule has 1 saturated carbocycles. The van der Waals surface area contributed by atoms with Crippen molar-refractivity contribution in [1.29, 1.82) is 0 Å². The summed E-state index contributed by atoms with van der Waals surface area (Å²) in [5, 5.41) is 3.52. The fourth-order valence-electron chi connectivity index (χ4n) is 5.63. The lowest BCUT2D eigenvalue weighted by Gasteiger charge is -2.34. The molecule has 0 unspecified atom stereocenters. The largest absolute Gasteiger partial charge is 0.369 e. The van der Waals surface area contributed by atoms with Gasteiger partial charge in [-0.3, -0.25) is 4.79 Å². The molecule has 7 nitrogen and oxygen atoms in total. The molecule has 0 bridgehead atoms. The van der Waals surface area contributed by atoms with Crippen molar-refractivity contribution in [1.82, 2.24) is 15.2 Å². The third-order valence-corrected chi connectivity index (χ3v) is 7.45. The minimum absolute atomic E-state index is 0.0101. The number of carbonyl (C=O) groups is 1. The highest BCUT2D eigenvalue weighted by Crippen LogP contribution is 2.43. The van der Waals surface area contributed by atoms with E-state index in [9.17, 15) is 4.79 Å².